The second kappa shape index (κ2) is 4.80. The minimum Gasteiger partial charge on any atom is -0.274 e. The molecule has 1 aromatic carbocycles. The van der Waals surface area contributed by atoms with E-state index in [1.807, 2.05) is 24.3 Å². The molecule has 1 aliphatic heterocycles. The zero-order chi connectivity index (χ0) is 13.4. The quantitative estimate of drug-likeness (QED) is 0.764. The van der Waals surface area contributed by atoms with Crippen molar-refractivity contribution in [3.8, 4) is 0 Å². The van der Waals surface area contributed by atoms with Gasteiger partial charge < -0.3 is 0 Å². The van der Waals surface area contributed by atoms with Crippen LogP contribution < -0.4 is 4.90 Å². The molecular formula is C16H19NO2. The summed E-state index contributed by atoms with van der Waals surface area (Å²) < 4.78 is 0. The molecule has 100 valence electrons. The predicted molar refractivity (Wildman–Crippen MR) is 73.8 cm³/mol. The Kier molecular flexibility index (Phi) is 3.13. The number of nitrogens with zero attached hydrogens (tertiary/aromatic N) is 1. The molecule has 0 spiro atoms. The normalized spacial score (nSPS) is 26.7. The van der Waals surface area contributed by atoms with Gasteiger partial charge in [-0.3, -0.25) is 14.5 Å². The Balaban J connectivity index is 1.91. The predicted octanol–water partition coefficient (Wildman–Crippen LogP) is 2.93. The van der Waals surface area contributed by atoms with Crippen molar-refractivity contribution in [2.24, 2.45) is 11.8 Å². The fourth-order valence-corrected chi connectivity index (χ4v) is 3.30. The topological polar surface area (TPSA) is 37.4 Å². The number of carbonyl (C=O) groups is 2. The molecule has 1 aliphatic carbocycles. The lowest BCUT2D eigenvalue weighted by atomic mass is 9.81. The molecule has 1 heterocycles. The third-order valence-corrected chi connectivity index (χ3v) is 4.44. The smallest absolute Gasteiger partial charge is 0.237 e. The van der Waals surface area contributed by atoms with Crippen LogP contribution in [-0.2, 0) is 16.0 Å². The van der Waals surface area contributed by atoms with Crippen LogP contribution in [0, 0.1) is 11.8 Å². The Morgan fingerprint density at radius 1 is 1.00 bits per heavy atom. The zero-order valence-corrected chi connectivity index (χ0v) is 11.3. The molecule has 19 heavy (non-hydrogen) atoms. The third kappa shape index (κ3) is 1.97. The zero-order valence-electron chi connectivity index (χ0n) is 11.3. The van der Waals surface area contributed by atoms with Gasteiger partial charge in [0.2, 0.25) is 11.8 Å². The maximum absolute atomic E-state index is 12.4. The summed E-state index contributed by atoms with van der Waals surface area (Å²) in [6.07, 6.45) is 4.86. The van der Waals surface area contributed by atoms with Crippen LogP contribution in [0.25, 0.3) is 0 Å². The van der Waals surface area contributed by atoms with Gasteiger partial charge in [0, 0.05) is 0 Å². The van der Waals surface area contributed by atoms with E-state index < -0.39 is 0 Å². The van der Waals surface area contributed by atoms with E-state index in [1.165, 1.54) is 10.5 Å². The molecule has 3 rings (SSSR count). The van der Waals surface area contributed by atoms with E-state index in [9.17, 15) is 9.59 Å². The number of fused-ring (bicyclic) bond motifs is 1. The Morgan fingerprint density at radius 3 is 2.00 bits per heavy atom. The van der Waals surface area contributed by atoms with E-state index in [2.05, 4.69) is 6.92 Å². The molecule has 0 radical (unpaired) electrons. The summed E-state index contributed by atoms with van der Waals surface area (Å²) in [6, 6.07) is 7.79. The van der Waals surface area contributed by atoms with Gasteiger partial charge >= 0.3 is 0 Å². The molecule has 0 N–H and O–H groups in total. The summed E-state index contributed by atoms with van der Waals surface area (Å²) in [5.74, 6) is -0.0999. The summed E-state index contributed by atoms with van der Waals surface area (Å²) in [4.78, 5) is 26.2. The molecule has 3 heteroatoms. The molecule has 1 aromatic rings. The van der Waals surface area contributed by atoms with Crippen LogP contribution in [0.5, 0.6) is 0 Å². The van der Waals surface area contributed by atoms with Crippen molar-refractivity contribution >= 4 is 17.5 Å². The van der Waals surface area contributed by atoms with Crippen LogP contribution in [0.15, 0.2) is 24.3 Å². The van der Waals surface area contributed by atoms with E-state index in [1.54, 1.807) is 0 Å². The van der Waals surface area contributed by atoms with Gasteiger partial charge in [0.25, 0.3) is 0 Å². The SMILES string of the molecule is CCc1ccc(N2C(=O)[C@H]3CCCC[C@H]3C2=O)cc1. The van der Waals surface area contributed by atoms with Crippen molar-refractivity contribution in [3.05, 3.63) is 29.8 Å². The molecule has 2 fully saturated rings. The first kappa shape index (κ1) is 12.4. The van der Waals surface area contributed by atoms with Gasteiger partial charge in [-0.1, -0.05) is 31.9 Å². The number of imide groups is 1. The molecule has 2 amide bonds. The lowest BCUT2D eigenvalue weighted by molar-refractivity contribution is -0.122. The molecular weight excluding hydrogens is 238 g/mol. The van der Waals surface area contributed by atoms with Crippen molar-refractivity contribution in [1.82, 2.24) is 0 Å². The van der Waals surface area contributed by atoms with Gasteiger partial charge in [-0.25, -0.2) is 0 Å². The van der Waals surface area contributed by atoms with Crippen molar-refractivity contribution in [1.29, 1.82) is 0 Å². The van der Waals surface area contributed by atoms with E-state index in [0.29, 0.717) is 0 Å². The highest BCUT2D eigenvalue weighted by Gasteiger charge is 2.48. The minimum absolute atomic E-state index is 0.0129. The molecule has 2 atom stereocenters. The lowest BCUT2D eigenvalue weighted by Gasteiger charge is -2.19. The Hall–Kier alpha value is -1.64. The fourth-order valence-electron chi connectivity index (χ4n) is 3.30. The summed E-state index contributed by atoms with van der Waals surface area (Å²) >= 11 is 0. The number of carbonyl (C=O) groups excluding carboxylic acids is 2. The maximum atomic E-state index is 12.4. The highest BCUT2D eigenvalue weighted by Crippen LogP contribution is 2.39. The Bertz CT molecular complexity index is 482. The number of rotatable bonds is 2. The monoisotopic (exact) mass is 257 g/mol. The van der Waals surface area contributed by atoms with Crippen molar-refractivity contribution in [3.63, 3.8) is 0 Å². The summed E-state index contributed by atoms with van der Waals surface area (Å²) in [7, 11) is 0. The number of benzene rings is 1. The van der Waals surface area contributed by atoms with Crippen LogP contribution in [-0.4, -0.2) is 11.8 Å². The second-order valence-electron chi connectivity index (χ2n) is 5.53. The number of aryl methyl sites for hydroxylation is 1. The van der Waals surface area contributed by atoms with Crippen molar-refractivity contribution in [2.75, 3.05) is 4.90 Å². The van der Waals surface area contributed by atoms with Gasteiger partial charge in [0.15, 0.2) is 0 Å². The molecule has 0 bridgehead atoms. The largest absolute Gasteiger partial charge is 0.274 e. The van der Waals surface area contributed by atoms with Gasteiger partial charge in [-0.05, 0) is 37.0 Å². The lowest BCUT2D eigenvalue weighted by Crippen LogP contribution is -2.30. The highest BCUT2D eigenvalue weighted by molar-refractivity contribution is 6.22. The van der Waals surface area contributed by atoms with Gasteiger partial charge in [-0.2, -0.15) is 0 Å². The summed E-state index contributed by atoms with van der Waals surface area (Å²) in [5, 5.41) is 0. The second-order valence-corrected chi connectivity index (χ2v) is 5.53. The third-order valence-electron chi connectivity index (χ3n) is 4.44. The molecule has 0 aromatic heterocycles. The molecule has 2 aliphatic rings. The highest BCUT2D eigenvalue weighted by atomic mass is 16.2. The number of anilines is 1. The van der Waals surface area contributed by atoms with Gasteiger partial charge in [0.05, 0.1) is 17.5 Å². The van der Waals surface area contributed by atoms with Crippen molar-refractivity contribution < 1.29 is 9.59 Å². The molecule has 1 saturated carbocycles. The standard InChI is InChI=1S/C16H19NO2/c1-2-11-7-9-12(10-8-11)17-15(18)13-5-3-4-6-14(13)16(17)19/h7-10,13-14H,2-6H2,1H3/t13-,14+. The van der Waals surface area contributed by atoms with E-state index in [0.717, 1.165) is 37.8 Å². The van der Waals surface area contributed by atoms with Crippen LogP contribution in [0.4, 0.5) is 5.69 Å². The molecule has 3 nitrogen and oxygen atoms in total. The average molecular weight is 257 g/mol. The summed E-state index contributed by atoms with van der Waals surface area (Å²) in [6.45, 7) is 2.09. The molecule has 1 saturated heterocycles. The van der Waals surface area contributed by atoms with Crippen molar-refractivity contribution in [2.45, 2.75) is 39.0 Å². The number of amides is 2. The van der Waals surface area contributed by atoms with Crippen LogP contribution >= 0.6 is 0 Å². The Morgan fingerprint density at radius 2 is 1.53 bits per heavy atom. The minimum atomic E-state index is -0.0629. The average Bonchev–Trinajstić information content (AvgIpc) is 2.72. The first-order chi connectivity index (χ1) is 9.22. The summed E-state index contributed by atoms with van der Waals surface area (Å²) in [5.41, 5.74) is 1.96. The van der Waals surface area contributed by atoms with Gasteiger partial charge in [0.1, 0.15) is 0 Å². The maximum Gasteiger partial charge on any atom is 0.237 e. The molecule has 0 unspecified atom stereocenters. The first-order valence-electron chi connectivity index (χ1n) is 7.19. The van der Waals surface area contributed by atoms with E-state index in [-0.39, 0.29) is 23.7 Å². The van der Waals surface area contributed by atoms with Crippen LogP contribution in [0.3, 0.4) is 0 Å². The van der Waals surface area contributed by atoms with Crippen LogP contribution in [0.2, 0.25) is 0 Å². The Labute approximate surface area is 113 Å². The van der Waals surface area contributed by atoms with E-state index >= 15 is 0 Å². The van der Waals surface area contributed by atoms with Gasteiger partial charge in [-0.15, -0.1) is 0 Å². The van der Waals surface area contributed by atoms with Crippen LogP contribution in [0.1, 0.15) is 38.2 Å². The fraction of sp³-hybridized carbons (Fsp3) is 0.500. The first-order valence-corrected chi connectivity index (χ1v) is 7.19. The van der Waals surface area contributed by atoms with E-state index in [4.69, 9.17) is 0 Å². The number of hydrogen-bond donors (Lipinski definition) is 0. The number of hydrogen-bond acceptors (Lipinski definition) is 2.